The molecule has 15 heteroatoms. The number of anilines is 1. The minimum absolute atomic E-state index is 0.0777. The van der Waals surface area contributed by atoms with Crippen molar-refractivity contribution in [3.8, 4) is 11.5 Å². The molecule has 1 fully saturated rings. The number of imidazole rings is 1. The van der Waals surface area contributed by atoms with Gasteiger partial charge >= 0.3 is 12.2 Å². The second-order valence-corrected chi connectivity index (χ2v) is 11.9. The number of amides is 3. The van der Waals surface area contributed by atoms with Crippen LogP contribution in [-0.4, -0.2) is 93.0 Å². The fourth-order valence-electron chi connectivity index (χ4n) is 5.93. The maximum atomic E-state index is 14.1. The number of ether oxygens (including phenoxy) is 1. The lowest BCUT2D eigenvalue weighted by Gasteiger charge is -2.33. The number of rotatable bonds is 7. The number of pyridine rings is 1. The molecule has 3 aromatic heterocycles. The number of carbonyl (C=O) groups is 2. The second kappa shape index (κ2) is 13.2. The van der Waals surface area contributed by atoms with Crippen molar-refractivity contribution in [2.24, 2.45) is 0 Å². The van der Waals surface area contributed by atoms with E-state index < -0.39 is 17.8 Å². The van der Waals surface area contributed by atoms with Crippen LogP contribution in [0.1, 0.15) is 52.1 Å². The van der Waals surface area contributed by atoms with Crippen molar-refractivity contribution in [1.82, 2.24) is 39.6 Å². The van der Waals surface area contributed by atoms with E-state index in [0.717, 1.165) is 30.4 Å². The minimum atomic E-state index is -4.57. The largest absolute Gasteiger partial charge is 0.452 e. The van der Waals surface area contributed by atoms with Crippen LogP contribution in [0.15, 0.2) is 48.9 Å². The topological polar surface area (TPSA) is 120 Å². The molecule has 1 saturated heterocycles. The quantitative estimate of drug-likeness (QED) is 0.298. The molecule has 12 nitrogen and oxygen atoms in total. The summed E-state index contributed by atoms with van der Waals surface area (Å²) in [6, 6.07) is 6.91. The summed E-state index contributed by atoms with van der Waals surface area (Å²) in [5.41, 5.74) is 1.66. The number of benzene rings is 1. The van der Waals surface area contributed by atoms with Gasteiger partial charge in [0.05, 0.1) is 29.8 Å². The third-order valence-electron chi connectivity index (χ3n) is 8.39. The highest BCUT2D eigenvalue weighted by atomic mass is 19.4. The Balaban J connectivity index is 1.20. The van der Waals surface area contributed by atoms with Gasteiger partial charge in [0, 0.05) is 77.6 Å². The highest BCUT2D eigenvalue weighted by Gasteiger charge is 2.35. The highest BCUT2D eigenvalue weighted by molar-refractivity contribution is 5.92. The molecule has 0 spiro atoms. The van der Waals surface area contributed by atoms with E-state index in [9.17, 15) is 22.8 Å². The van der Waals surface area contributed by atoms with Crippen LogP contribution in [0.2, 0.25) is 0 Å². The van der Waals surface area contributed by atoms with Crippen molar-refractivity contribution in [1.29, 1.82) is 0 Å². The molecule has 0 unspecified atom stereocenters. The van der Waals surface area contributed by atoms with Gasteiger partial charge in [-0.3, -0.25) is 14.7 Å². The zero-order valence-corrected chi connectivity index (χ0v) is 26.3. The Labute approximate surface area is 269 Å². The van der Waals surface area contributed by atoms with Crippen molar-refractivity contribution in [3.63, 3.8) is 0 Å². The molecular formula is C32H36F3N9O3. The first-order valence-corrected chi connectivity index (χ1v) is 15.4. The lowest BCUT2D eigenvalue weighted by Crippen LogP contribution is -2.43. The zero-order chi connectivity index (χ0) is 33.3. The van der Waals surface area contributed by atoms with Gasteiger partial charge in [-0.15, -0.1) is 0 Å². The molecule has 6 rings (SSSR count). The van der Waals surface area contributed by atoms with Crippen molar-refractivity contribution in [2.45, 2.75) is 38.5 Å². The molecule has 4 aromatic rings. The van der Waals surface area contributed by atoms with E-state index in [1.54, 1.807) is 37.3 Å². The number of aromatic nitrogens is 4. The lowest BCUT2D eigenvalue weighted by molar-refractivity contribution is -0.138. The maximum Gasteiger partial charge on any atom is 0.416 e. The Morgan fingerprint density at radius 3 is 2.66 bits per heavy atom. The first-order valence-electron chi connectivity index (χ1n) is 15.4. The van der Waals surface area contributed by atoms with Gasteiger partial charge in [-0.2, -0.15) is 18.3 Å². The molecule has 2 aliphatic rings. The van der Waals surface area contributed by atoms with Gasteiger partial charge in [-0.1, -0.05) is 13.0 Å². The van der Waals surface area contributed by atoms with Crippen LogP contribution in [-0.2, 0) is 19.3 Å². The van der Waals surface area contributed by atoms with E-state index in [1.807, 2.05) is 11.8 Å². The summed E-state index contributed by atoms with van der Waals surface area (Å²) in [5, 5.41) is 10.1. The van der Waals surface area contributed by atoms with Crippen molar-refractivity contribution in [3.05, 3.63) is 77.0 Å². The van der Waals surface area contributed by atoms with Crippen LogP contribution in [0.3, 0.4) is 0 Å². The number of nitrogens with zero attached hydrogens (tertiary/aromatic N) is 7. The molecule has 0 aliphatic carbocycles. The summed E-state index contributed by atoms with van der Waals surface area (Å²) in [7, 11) is 3.27. The monoisotopic (exact) mass is 651 g/mol. The fourth-order valence-corrected chi connectivity index (χ4v) is 5.93. The summed E-state index contributed by atoms with van der Waals surface area (Å²) in [5.74, 6) is 0.400. The molecule has 0 radical (unpaired) electrons. The Kier molecular flexibility index (Phi) is 9.01. The van der Waals surface area contributed by atoms with Crippen LogP contribution in [0.25, 0.3) is 5.65 Å². The minimum Gasteiger partial charge on any atom is -0.452 e. The third kappa shape index (κ3) is 7.00. The zero-order valence-electron chi connectivity index (χ0n) is 26.3. The van der Waals surface area contributed by atoms with E-state index in [1.165, 1.54) is 33.9 Å². The Morgan fingerprint density at radius 1 is 1.15 bits per heavy atom. The van der Waals surface area contributed by atoms with E-state index in [2.05, 4.69) is 25.7 Å². The summed E-state index contributed by atoms with van der Waals surface area (Å²) in [6.45, 7) is 5.52. The third-order valence-corrected chi connectivity index (χ3v) is 8.39. The number of alkyl halides is 3. The molecule has 47 heavy (non-hydrogen) atoms. The molecular weight excluding hydrogens is 615 g/mol. The molecule has 3 amide bonds. The van der Waals surface area contributed by atoms with Gasteiger partial charge in [0.2, 0.25) is 0 Å². The van der Waals surface area contributed by atoms with Gasteiger partial charge in [0.25, 0.3) is 5.91 Å². The maximum absolute atomic E-state index is 14.1. The number of hydrogen-bond donors (Lipinski definition) is 2. The molecule has 2 aliphatic heterocycles. The van der Waals surface area contributed by atoms with Gasteiger partial charge in [-0.25, -0.2) is 14.3 Å². The highest BCUT2D eigenvalue weighted by Crippen LogP contribution is 2.36. The number of carbonyl (C=O) groups excluding carboxylic acids is 2. The van der Waals surface area contributed by atoms with Crippen molar-refractivity contribution in [2.75, 3.05) is 52.1 Å². The number of fused-ring (bicyclic) bond motifs is 2. The summed E-state index contributed by atoms with van der Waals surface area (Å²) >= 11 is 0. The molecule has 1 atom stereocenters. The predicted molar refractivity (Wildman–Crippen MR) is 167 cm³/mol. The summed E-state index contributed by atoms with van der Waals surface area (Å²) in [4.78, 5) is 39.9. The average molecular weight is 652 g/mol. The Bertz CT molecular complexity index is 1790. The number of urea groups is 1. The smallest absolute Gasteiger partial charge is 0.416 e. The van der Waals surface area contributed by atoms with Crippen LogP contribution in [0, 0.1) is 0 Å². The molecule has 248 valence electrons. The summed E-state index contributed by atoms with van der Waals surface area (Å²) in [6.07, 6.45) is 0.786. The first-order chi connectivity index (χ1) is 22.5. The fraction of sp³-hybridized carbons (Fsp3) is 0.406. The average Bonchev–Trinajstić information content (AvgIpc) is 3.50. The molecule has 5 heterocycles. The van der Waals surface area contributed by atoms with Gasteiger partial charge in [0.15, 0.2) is 11.4 Å². The standard InChI is InChI=1S/C32H36F3N9O3/c1-4-20-17-43(31(46)39-23-6-5-21(25(14-23)32(33,34)35)16-42-11-9-36-10-12-42)18-22-13-24(15-37-28(20)22)47-27-7-8-38-44-19-26(40-29(27)44)30(45)41(2)3/h5-8,13-15,19-20,36H,4,9-12,16-18H2,1-3H3,(H,39,46)/t20-/m0/s1. The normalized spacial score (nSPS) is 17.0. The number of piperazine rings is 1. The molecule has 1 aromatic carbocycles. The van der Waals surface area contributed by atoms with Crippen LogP contribution < -0.4 is 15.4 Å². The van der Waals surface area contributed by atoms with Crippen molar-refractivity contribution >= 4 is 23.3 Å². The Hall–Kier alpha value is -4.76. The number of halogens is 3. The van der Waals surface area contributed by atoms with Crippen LogP contribution in [0.5, 0.6) is 11.5 Å². The summed E-state index contributed by atoms with van der Waals surface area (Å²) < 4.78 is 49.9. The Morgan fingerprint density at radius 2 is 1.94 bits per heavy atom. The first kappa shape index (κ1) is 32.2. The van der Waals surface area contributed by atoms with E-state index in [4.69, 9.17) is 4.74 Å². The van der Waals surface area contributed by atoms with Crippen LogP contribution >= 0.6 is 0 Å². The molecule has 2 N–H and O–H groups in total. The van der Waals surface area contributed by atoms with Gasteiger partial charge < -0.3 is 25.2 Å². The SMILES string of the molecule is CC[C@H]1CN(C(=O)Nc2ccc(CN3CCNCC3)c(C(F)(F)F)c2)Cc2cc(Oc3ccnn4cc(C(=O)N(C)C)nc34)cnc21. The molecule has 0 bridgehead atoms. The number of nitrogens with one attached hydrogen (secondary N) is 2. The van der Waals surface area contributed by atoms with Gasteiger partial charge in [0.1, 0.15) is 11.4 Å². The second-order valence-electron chi connectivity index (χ2n) is 11.9. The van der Waals surface area contributed by atoms with E-state index >= 15 is 0 Å². The van der Waals surface area contributed by atoms with Crippen molar-refractivity contribution < 1.29 is 27.5 Å². The van der Waals surface area contributed by atoms with Crippen LogP contribution in [0.4, 0.5) is 23.7 Å². The predicted octanol–water partition coefficient (Wildman–Crippen LogP) is 4.58. The lowest BCUT2D eigenvalue weighted by atomic mass is 9.92. The number of hydrogen-bond acceptors (Lipinski definition) is 8. The molecule has 0 saturated carbocycles. The van der Waals surface area contributed by atoms with E-state index in [0.29, 0.717) is 43.2 Å². The van der Waals surface area contributed by atoms with Gasteiger partial charge in [-0.05, 0) is 35.7 Å². The van der Waals surface area contributed by atoms with E-state index in [-0.39, 0.29) is 41.9 Å².